The van der Waals surface area contributed by atoms with Crippen LogP contribution in [0.4, 0.5) is 4.39 Å². The van der Waals surface area contributed by atoms with Gasteiger partial charge in [-0.3, -0.25) is 15.0 Å². The van der Waals surface area contributed by atoms with Crippen LogP contribution in [0, 0.1) is 5.82 Å². The van der Waals surface area contributed by atoms with Gasteiger partial charge in [0.1, 0.15) is 17.0 Å². The lowest BCUT2D eigenvalue weighted by atomic mass is 9.97. The molecule has 5 nitrogen and oxygen atoms in total. The van der Waals surface area contributed by atoms with E-state index in [1.165, 1.54) is 17.3 Å². The highest BCUT2D eigenvalue weighted by atomic mass is 32.1. The molecule has 25 heavy (non-hydrogen) atoms. The van der Waals surface area contributed by atoms with Crippen LogP contribution in [-0.2, 0) is 24.1 Å². The zero-order valence-corrected chi connectivity index (χ0v) is 14.2. The number of aryl methyl sites for hydroxylation is 2. The third-order valence-corrected chi connectivity index (χ3v) is 5.63. The van der Waals surface area contributed by atoms with E-state index in [4.69, 9.17) is 0 Å². The van der Waals surface area contributed by atoms with Gasteiger partial charge in [-0.2, -0.15) is 0 Å². The summed E-state index contributed by atoms with van der Waals surface area (Å²) >= 11 is 1.56. The number of nitrogens with zero attached hydrogens (tertiary/aromatic N) is 2. The molecular weight excluding hydrogens is 341 g/mol. The number of hydrogen-bond donors (Lipinski definition) is 1. The molecule has 1 aliphatic rings. The lowest BCUT2D eigenvalue weighted by molar-refractivity contribution is -0.116. The number of rotatable bonds is 3. The van der Waals surface area contributed by atoms with Crippen molar-refractivity contribution in [3.05, 3.63) is 62.8 Å². The van der Waals surface area contributed by atoms with E-state index in [0.29, 0.717) is 5.39 Å². The predicted octanol–water partition coefficient (Wildman–Crippen LogP) is 2.79. The maximum atomic E-state index is 13.7. The van der Waals surface area contributed by atoms with Gasteiger partial charge in [0.25, 0.3) is 5.56 Å². The van der Waals surface area contributed by atoms with E-state index in [1.54, 1.807) is 29.5 Å². The van der Waals surface area contributed by atoms with Gasteiger partial charge in [-0.25, -0.2) is 14.1 Å². The van der Waals surface area contributed by atoms with Gasteiger partial charge >= 0.3 is 0 Å². The normalized spacial score (nSPS) is 13.6. The molecule has 2 aromatic heterocycles. The second-order valence-electron chi connectivity index (χ2n) is 6.11. The molecule has 4 rings (SSSR count). The van der Waals surface area contributed by atoms with E-state index in [0.717, 1.165) is 40.8 Å². The number of amides is 1. The van der Waals surface area contributed by atoms with Crippen LogP contribution >= 0.6 is 11.3 Å². The maximum absolute atomic E-state index is 13.7. The number of thiophene rings is 1. The van der Waals surface area contributed by atoms with Gasteiger partial charge in [0.15, 0.2) is 0 Å². The molecule has 2 heterocycles. The molecule has 1 amide bonds. The van der Waals surface area contributed by atoms with Crippen LogP contribution in [0.15, 0.2) is 35.4 Å². The Balaban J connectivity index is 1.63. The number of fused-ring (bicyclic) bond motifs is 3. The van der Waals surface area contributed by atoms with Gasteiger partial charge in [0.2, 0.25) is 5.91 Å². The van der Waals surface area contributed by atoms with E-state index in [2.05, 4.69) is 10.4 Å². The standard InChI is InChI=1S/C18H16FN3O2S/c19-13-7-3-1-5-11(13)9-15(23)21-22-10-20-17-16(18(22)24)12-6-2-4-8-14(12)25-17/h1,3,5,7,10H,2,4,6,8-9H2,(H,21,23). The first-order valence-electron chi connectivity index (χ1n) is 8.18. The quantitative estimate of drug-likeness (QED) is 0.784. The Morgan fingerprint density at radius 2 is 2.08 bits per heavy atom. The Bertz CT molecular complexity index is 1020. The summed E-state index contributed by atoms with van der Waals surface area (Å²) in [6.45, 7) is 0. The van der Waals surface area contributed by atoms with Crippen LogP contribution in [0.2, 0.25) is 0 Å². The van der Waals surface area contributed by atoms with Crippen molar-refractivity contribution in [3.8, 4) is 0 Å². The highest BCUT2D eigenvalue weighted by Gasteiger charge is 2.20. The number of halogens is 1. The summed E-state index contributed by atoms with van der Waals surface area (Å²) in [6, 6.07) is 6.09. The summed E-state index contributed by atoms with van der Waals surface area (Å²) in [5.41, 5.74) is 3.60. The van der Waals surface area contributed by atoms with Crippen LogP contribution in [0.5, 0.6) is 0 Å². The maximum Gasteiger partial charge on any atom is 0.281 e. The number of nitrogens with one attached hydrogen (secondary N) is 1. The first-order valence-corrected chi connectivity index (χ1v) is 9.00. The Hall–Kier alpha value is -2.54. The molecule has 7 heteroatoms. The molecule has 0 atom stereocenters. The molecule has 0 spiro atoms. The minimum absolute atomic E-state index is 0.140. The number of carbonyl (C=O) groups is 1. The van der Waals surface area contributed by atoms with Crippen molar-refractivity contribution in [2.45, 2.75) is 32.1 Å². The van der Waals surface area contributed by atoms with Gasteiger partial charge in [0.05, 0.1) is 11.8 Å². The van der Waals surface area contributed by atoms with Gasteiger partial charge in [0, 0.05) is 4.88 Å². The van der Waals surface area contributed by atoms with Crippen LogP contribution in [-0.4, -0.2) is 15.6 Å². The topological polar surface area (TPSA) is 64.0 Å². The third-order valence-electron chi connectivity index (χ3n) is 4.43. The molecule has 0 aliphatic heterocycles. The fourth-order valence-corrected chi connectivity index (χ4v) is 4.43. The molecule has 1 N–H and O–H groups in total. The minimum atomic E-state index is -0.461. The Labute approximate surface area is 147 Å². The monoisotopic (exact) mass is 357 g/mol. The SMILES string of the molecule is O=C(Cc1ccccc1F)Nn1cnc2sc3c(c2c1=O)CCCC3. The average molecular weight is 357 g/mol. The smallest absolute Gasteiger partial charge is 0.273 e. The second kappa shape index (κ2) is 6.40. The van der Waals surface area contributed by atoms with Crippen molar-refractivity contribution in [2.24, 2.45) is 0 Å². The molecule has 128 valence electrons. The van der Waals surface area contributed by atoms with Crippen molar-refractivity contribution in [2.75, 3.05) is 5.43 Å². The predicted molar refractivity (Wildman–Crippen MR) is 95.0 cm³/mol. The number of carbonyl (C=O) groups excluding carboxylic acids is 1. The average Bonchev–Trinajstić information content (AvgIpc) is 2.99. The van der Waals surface area contributed by atoms with Gasteiger partial charge in [-0.1, -0.05) is 18.2 Å². The molecular formula is C18H16FN3O2S. The molecule has 0 unspecified atom stereocenters. The molecule has 0 saturated carbocycles. The number of benzene rings is 1. The minimum Gasteiger partial charge on any atom is -0.273 e. The molecule has 0 saturated heterocycles. The second-order valence-corrected chi connectivity index (χ2v) is 7.20. The summed E-state index contributed by atoms with van der Waals surface area (Å²) in [6.07, 6.45) is 5.24. The first kappa shape index (κ1) is 16.0. The lowest BCUT2D eigenvalue weighted by Crippen LogP contribution is -2.34. The fourth-order valence-electron chi connectivity index (χ4n) is 3.21. The van der Waals surface area contributed by atoms with Gasteiger partial charge in [-0.05, 0) is 42.9 Å². The van der Waals surface area contributed by atoms with Crippen molar-refractivity contribution in [1.29, 1.82) is 0 Å². The van der Waals surface area contributed by atoms with Crippen molar-refractivity contribution in [1.82, 2.24) is 9.66 Å². The van der Waals surface area contributed by atoms with Crippen molar-refractivity contribution in [3.63, 3.8) is 0 Å². The van der Waals surface area contributed by atoms with Crippen LogP contribution < -0.4 is 11.0 Å². The first-order chi connectivity index (χ1) is 12.1. The summed E-state index contributed by atoms with van der Waals surface area (Å²) in [4.78, 5) is 31.2. The highest BCUT2D eigenvalue weighted by Crippen LogP contribution is 2.33. The molecule has 1 aliphatic carbocycles. The van der Waals surface area contributed by atoms with Crippen LogP contribution in [0.1, 0.15) is 28.8 Å². The summed E-state index contributed by atoms with van der Waals surface area (Å²) < 4.78 is 14.8. The van der Waals surface area contributed by atoms with Crippen molar-refractivity contribution < 1.29 is 9.18 Å². The van der Waals surface area contributed by atoms with E-state index < -0.39 is 11.7 Å². The number of aromatic nitrogens is 2. The molecule has 1 aromatic carbocycles. The van der Waals surface area contributed by atoms with Gasteiger partial charge < -0.3 is 0 Å². The molecule has 0 fully saturated rings. The third kappa shape index (κ3) is 2.95. The largest absolute Gasteiger partial charge is 0.281 e. The Morgan fingerprint density at radius 1 is 1.28 bits per heavy atom. The Kier molecular flexibility index (Phi) is 4.09. The zero-order chi connectivity index (χ0) is 17.4. The van der Waals surface area contributed by atoms with Crippen LogP contribution in [0.3, 0.4) is 0 Å². The zero-order valence-electron chi connectivity index (χ0n) is 13.4. The van der Waals surface area contributed by atoms with Crippen molar-refractivity contribution >= 4 is 27.5 Å². The summed E-state index contributed by atoms with van der Waals surface area (Å²) in [5, 5.41) is 0.605. The highest BCUT2D eigenvalue weighted by molar-refractivity contribution is 7.18. The van der Waals surface area contributed by atoms with E-state index >= 15 is 0 Å². The fraction of sp³-hybridized carbons (Fsp3) is 0.278. The van der Waals surface area contributed by atoms with Crippen LogP contribution in [0.25, 0.3) is 10.2 Å². The molecule has 3 aromatic rings. The van der Waals surface area contributed by atoms with E-state index in [-0.39, 0.29) is 17.5 Å². The van der Waals surface area contributed by atoms with Gasteiger partial charge in [-0.15, -0.1) is 11.3 Å². The molecule has 0 radical (unpaired) electrons. The Morgan fingerprint density at radius 3 is 2.92 bits per heavy atom. The lowest BCUT2D eigenvalue weighted by Gasteiger charge is -2.11. The molecule has 0 bridgehead atoms. The van der Waals surface area contributed by atoms with E-state index in [1.807, 2.05) is 0 Å². The summed E-state index contributed by atoms with van der Waals surface area (Å²) in [5.74, 6) is -0.900. The summed E-state index contributed by atoms with van der Waals surface area (Å²) in [7, 11) is 0. The number of hydrogen-bond acceptors (Lipinski definition) is 4. The van der Waals surface area contributed by atoms with E-state index in [9.17, 15) is 14.0 Å².